The smallest absolute Gasteiger partial charge is 0.380 e. The maximum Gasteiger partial charge on any atom is 0.435 e. The predicted octanol–water partition coefficient (Wildman–Crippen LogP) is 2.32. The molecule has 0 spiro atoms. The van der Waals surface area contributed by atoms with Crippen molar-refractivity contribution >= 4 is 5.69 Å². The van der Waals surface area contributed by atoms with Gasteiger partial charge in [-0.25, -0.2) is 4.98 Å². The van der Waals surface area contributed by atoms with E-state index in [2.05, 4.69) is 15.4 Å². The minimum Gasteiger partial charge on any atom is -0.380 e. The molecule has 104 valence electrons. The number of nitrogens with one attached hydrogen (secondary N) is 1. The van der Waals surface area contributed by atoms with Crippen molar-refractivity contribution in [2.24, 2.45) is 7.05 Å². The van der Waals surface area contributed by atoms with Gasteiger partial charge in [-0.1, -0.05) is 0 Å². The Labute approximate surface area is 112 Å². The Morgan fingerprint density at radius 2 is 2.15 bits per heavy atom. The number of alkyl halides is 3. The molecule has 1 N–H and O–H groups in total. The van der Waals surface area contributed by atoms with Crippen molar-refractivity contribution in [2.45, 2.75) is 12.7 Å². The molecule has 8 heteroatoms. The third-order valence-electron chi connectivity index (χ3n) is 2.53. The van der Waals surface area contributed by atoms with Crippen LogP contribution in [-0.4, -0.2) is 14.8 Å². The molecule has 20 heavy (non-hydrogen) atoms. The molecule has 5 nitrogen and oxygen atoms in total. The van der Waals surface area contributed by atoms with Gasteiger partial charge in [-0.05, 0) is 12.1 Å². The Morgan fingerprint density at radius 3 is 2.70 bits per heavy atom. The van der Waals surface area contributed by atoms with E-state index < -0.39 is 11.9 Å². The summed E-state index contributed by atoms with van der Waals surface area (Å²) >= 11 is 0. The van der Waals surface area contributed by atoms with Gasteiger partial charge in [0, 0.05) is 25.4 Å². The van der Waals surface area contributed by atoms with Crippen molar-refractivity contribution in [1.82, 2.24) is 14.8 Å². The summed E-state index contributed by atoms with van der Waals surface area (Å²) in [6, 6.07) is 4.92. The zero-order valence-corrected chi connectivity index (χ0v) is 10.4. The minimum absolute atomic E-state index is 0.0315. The van der Waals surface area contributed by atoms with Crippen LogP contribution >= 0.6 is 0 Å². The standard InChI is InChI=1S/C12H10F3N5/c1-20-7-8(11(19-20)12(13,14)15)5-17-10-3-2-9(4-16)18-6-10/h2-3,6-7,17H,5H2,1H3. The van der Waals surface area contributed by atoms with Gasteiger partial charge in [-0.15, -0.1) is 0 Å². The van der Waals surface area contributed by atoms with E-state index in [9.17, 15) is 13.2 Å². The van der Waals surface area contributed by atoms with Gasteiger partial charge in [0.25, 0.3) is 0 Å². The second-order valence-electron chi connectivity index (χ2n) is 4.07. The minimum atomic E-state index is -4.48. The highest BCUT2D eigenvalue weighted by molar-refractivity contribution is 5.43. The van der Waals surface area contributed by atoms with Crippen LogP contribution in [-0.2, 0) is 19.8 Å². The average molecular weight is 281 g/mol. The molecule has 0 aliphatic rings. The predicted molar refractivity (Wildman–Crippen MR) is 64.5 cm³/mol. The van der Waals surface area contributed by atoms with E-state index in [1.165, 1.54) is 25.5 Å². The zero-order chi connectivity index (χ0) is 14.8. The summed E-state index contributed by atoms with van der Waals surface area (Å²) in [5.74, 6) is 0. The summed E-state index contributed by atoms with van der Waals surface area (Å²) in [6.45, 7) is -0.0315. The molecular formula is C12H10F3N5. The number of nitriles is 1. The molecule has 0 aromatic carbocycles. The third kappa shape index (κ3) is 3.06. The number of hydrogen-bond acceptors (Lipinski definition) is 4. The van der Waals surface area contributed by atoms with Crippen LogP contribution in [0.5, 0.6) is 0 Å². The van der Waals surface area contributed by atoms with Crippen molar-refractivity contribution in [3.05, 3.63) is 41.5 Å². The Hall–Kier alpha value is -2.56. The van der Waals surface area contributed by atoms with Crippen LogP contribution in [0.2, 0.25) is 0 Å². The van der Waals surface area contributed by atoms with Crippen LogP contribution in [0.25, 0.3) is 0 Å². The first kappa shape index (κ1) is 13.9. The van der Waals surface area contributed by atoms with Gasteiger partial charge in [0.1, 0.15) is 11.8 Å². The molecule has 0 unspecified atom stereocenters. The number of anilines is 1. The lowest BCUT2D eigenvalue weighted by Crippen LogP contribution is -2.11. The highest BCUT2D eigenvalue weighted by atomic mass is 19.4. The topological polar surface area (TPSA) is 66.5 Å². The fourth-order valence-electron chi connectivity index (χ4n) is 1.67. The molecule has 0 atom stereocenters. The highest BCUT2D eigenvalue weighted by Crippen LogP contribution is 2.30. The van der Waals surface area contributed by atoms with Crippen LogP contribution in [0, 0.1) is 11.3 Å². The third-order valence-corrected chi connectivity index (χ3v) is 2.53. The van der Waals surface area contributed by atoms with Gasteiger partial charge in [0.15, 0.2) is 5.69 Å². The average Bonchev–Trinajstić information content (AvgIpc) is 2.78. The normalized spacial score (nSPS) is 11.2. The lowest BCUT2D eigenvalue weighted by atomic mass is 10.2. The second kappa shape index (κ2) is 5.21. The summed E-state index contributed by atoms with van der Waals surface area (Å²) in [5, 5.41) is 14.8. The number of hydrogen-bond donors (Lipinski definition) is 1. The number of pyridine rings is 1. The number of halogens is 3. The van der Waals surface area contributed by atoms with Crippen LogP contribution in [0.1, 0.15) is 17.0 Å². The molecule has 0 radical (unpaired) electrons. The first-order valence-corrected chi connectivity index (χ1v) is 5.60. The monoisotopic (exact) mass is 281 g/mol. The quantitative estimate of drug-likeness (QED) is 0.937. The summed E-state index contributed by atoms with van der Waals surface area (Å²) in [5.41, 5.74) is -0.0904. The maximum atomic E-state index is 12.7. The van der Waals surface area contributed by atoms with Crippen LogP contribution in [0.3, 0.4) is 0 Å². The van der Waals surface area contributed by atoms with Gasteiger partial charge in [0.2, 0.25) is 0 Å². The van der Waals surface area contributed by atoms with E-state index >= 15 is 0 Å². The molecule has 0 amide bonds. The van der Waals surface area contributed by atoms with E-state index in [1.807, 2.05) is 6.07 Å². The van der Waals surface area contributed by atoms with Gasteiger partial charge in [-0.3, -0.25) is 4.68 Å². The molecule has 0 bridgehead atoms. The Bertz CT molecular complexity index is 637. The van der Waals surface area contributed by atoms with Gasteiger partial charge in [0.05, 0.1) is 11.9 Å². The summed E-state index contributed by atoms with van der Waals surface area (Å²) < 4.78 is 39.3. The van der Waals surface area contributed by atoms with E-state index in [-0.39, 0.29) is 17.8 Å². The lowest BCUT2D eigenvalue weighted by molar-refractivity contribution is -0.142. The molecule has 0 aliphatic carbocycles. The van der Waals surface area contributed by atoms with Crippen molar-refractivity contribution in [2.75, 3.05) is 5.32 Å². The molecule has 2 heterocycles. The number of rotatable bonds is 3. The molecule has 2 aromatic rings. The lowest BCUT2D eigenvalue weighted by Gasteiger charge is -2.08. The molecule has 0 aliphatic heterocycles. The summed E-state index contributed by atoms with van der Waals surface area (Å²) in [7, 11) is 1.43. The van der Waals surface area contributed by atoms with Crippen LogP contribution < -0.4 is 5.32 Å². The SMILES string of the molecule is Cn1cc(CNc2ccc(C#N)nc2)c(C(F)(F)F)n1. The first-order chi connectivity index (χ1) is 9.40. The maximum absolute atomic E-state index is 12.7. The van der Waals surface area contributed by atoms with Gasteiger partial charge >= 0.3 is 6.18 Å². The molecule has 0 fully saturated rings. The second-order valence-corrected chi connectivity index (χ2v) is 4.07. The molecule has 2 rings (SSSR count). The Balaban J connectivity index is 2.13. The fourth-order valence-corrected chi connectivity index (χ4v) is 1.67. The highest BCUT2D eigenvalue weighted by Gasteiger charge is 2.36. The van der Waals surface area contributed by atoms with Gasteiger partial charge in [-0.2, -0.15) is 23.5 Å². The summed E-state index contributed by atoms with van der Waals surface area (Å²) in [4.78, 5) is 3.82. The number of aryl methyl sites for hydroxylation is 1. The van der Waals surface area contributed by atoms with Crippen molar-refractivity contribution < 1.29 is 13.2 Å². The van der Waals surface area contributed by atoms with E-state index in [0.717, 1.165) is 4.68 Å². The van der Waals surface area contributed by atoms with Crippen LogP contribution in [0.4, 0.5) is 18.9 Å². The Morgan fingerprint density at radius 1 is 1.40 bits per heavy atom. The number of aromatic nitrogens is 3. The van der Waals surface area contributed by atoms with E-state index in [1.54, 1.807) is 6.07 Å². The van der Waals surface area contributed by atoms with Crippen molar-refractivity contribution in [1.29, 1.82) is 5.26 Å². The Kier molecular flexibility index (Phi) is 3.61. The first-order valence-electron chi connectivity index (χ1n) is 5.60. The van der Waals surface area contributed by atoms with E-state index in [4.69, 9.17) is 5.26 Å². The number of nitrogens with zero attached hydrogens (tertiary/aromatic N) is 4. The zero-order valence-electron chi connectivity index (χ0n) is 10.4. The van der Waals surface area contributed by atoms with Crippen LogP contribution in [0.15, 0.2) is 24.5 Å². The van der Waals surface area contributed by atoms with Crippen molar-refractivity contribution in [3.8, 4) is 6.07 Å². The molecular weight excluding hydrogens is 271 g/mol. The molecule has 0 saturated heterocycles. The molecule has 0 saturated carbocycles. The van der Waals surface area contributed by atoms with E-state index in [0.29, 0.717) is 5.69 Å². The summed E-state index contributed by atoms with van der Waals surface area (Å²) in [6.07, 6.45) is -1.78. The van der Waals surface area contributed by atoms with Gasteiger partial charge < -0.3 is 5.32 Å². The van der Waals surface area contributed by atoms with Crippen molar-refractivity contribution in [3.63, 3.8) is 0 Å². The largest absolute Gasteiger partial charge is 0.435 e. The fraction of sp³-hybridized carbons (Fsp3) is 0.250. The molecule has 2 aromatic heterocycles.